The molecule has 0 bridgehead atoms. The Morgan fingerprint density at radius 2 is 2.20 bits per heavy atom. The van der Waals surface area contributed by atoms with Crippen molar-refractivity contribution in [3.63, 3.8) is 0 Å². The Balaban J connectivity index is 2.08. The Kier molecular flexibility index (Phi) is 2.68. The van der Waals surface area contributed by atoms with Crippen molar-refractivity contribution < 1.29 is 0 Å². The van der Waals surface area contributed by atoms with E-state index in [9.17, 15) is 0 Å². The average Bonchev–Trinajstić information content (AvgIpc) is 2.80. The molecule has 2 aromatic heterocycles. The summed E-state index contributed by atoms with van der Waals surface area (Å²) < 4.78 is 1.86. The van der Waals surface area contributed by atoms with Gasteiger partial charge in [0.2, 0.25) is 0 Å². The van der Waals surface area contributed by atoms with Crippen molar-refractivity contribution in [2.75, 3.05) is 0 Å². The largest absolute Gasteiger partial charge is 0.268 e. The van der Waals surface area contributed by atoms with Crippen LogP contribution in [0.1, 0.15) is 17.2 Å². The molecule has 0 amide bonds. The van der Waals surface area contributed by atoms with Crippen LogP contribution in [0.15, 0.2) is 0 Å². The normalized spacial score (nSPS) is 10.9. The van der Waals surface area contributed by atoms with Crippen LogP contribution in [-0.2, 0) is 13.0 Å². The van der Waals surface area contributed by atoms with Crippen LogP contribution in [0.25, 0.3) is 0 Å². The number of aromatic nitrogens is 6. The van der Waals surface area contributed by atoms with Gasteiger partial charge in [-0.1, -0.05) is 16.8 Å². The van der Waals surface area contributed by atoms with Gasteiger partial charge in [-0.25, -0.2) is 0 Å². The van der Waals surface area contributed by atoms with Crippen molar-refractivity contribution >= 4 is 11.6 Å². The summed E-state index contributed by atoms with van der Waals surface area (Å²) in [5, 5.41) is 18.7. The highest BCUT2D eigenvalue weighted by Gasteiger charge is 2.09. The van der Waals surface area contributed by atoms with Gasteiger partial charge in [-0.15, -0.1) is 10.2 Å². The zero-order valence-electron chi connectivity index (χ0n) is 8.53. The Morgan fingerprint density at radius 3 is 2.73 bits per heavy atom. The lowest BCUT2D eigenvalue weighted by Crippen LogP contribution is -2.06. The van der Waals surface area contributed by atoms with Crippen LogP contribution in [0.2, 0.25) is 5.02 Å². The number of tetrazole rings is 1. The van der Waals surface area contributed by atoms with Gasteiger partial charge in [-0.3, -0.25) is 4.68 Å². The zero-order valence-corrected chi connectivity index (χ0v) is 9.28. The zero-order chi connectivity index (χ0) is 10.8. The molecule has 2 heterocycles. The Labute approximate surface area is 91.6 Å². The van der Waals surface area contributed by atoms with Crippen LogP contribution in [-0.4, -0.2) is 30.4 Å². The van der Waals surface area contributed by atoms with E-state index in [-0.39, 0.29) is 0 Å². The molecule has 15 heavy (non-hydrogen) atoms. The number of hydrogen-bond donors (Lipinski definition) is 1. The highest BCUT2D eigenvalue weighted by Crippen LogP contribution is 2.18. The maximum Gasteiger partial charge on any atom is 0.176 e. The average molecular weight is 227 g/mol. The van der Waals surface area contributed by atoms with E-state index >= 15 is 0 Å². The van der Waals surface area contributed by atoms with E-state index in [4.69, 9.17) is 11.6 Å². The number of nitrogens with one attached hydrogen (secondary N) is 1. The maximum atomic E-state index is 6.03. The van der Waals surface area contributed by atoms with Crippen molar-refractivity contribution in [1.29, 1.82) is 0 Å². The molecule has 0 aromatic carbocycles. The molecule has 0 spiro atoms. The summed E-state index contributed by atoms with van der Waals surface area (Å²) in [5.74, 6) is 0.679. The minimum atomic E-state index is 0.679. The first-order chi connectivity index (χ1) is 7.18. The van der Waals surface area contributed by atoms with E-state index < -0.39 is 0 Å². The van der Waals surface area contributed by atoms with Crippen LogP contribution in [0.3, 0.4) is 0 Å². The smallest absolute Gasteiger partial charge is 0.176 e. The summed E-state index contributed by atoms with van der Waals surface area (Å²) in [6, 6.07) is 0. The summed E-state index contributed by atoms with van der Waals surface area (Å²) in [4.78, 5) is 0. The first-order valence-corrected chi connectivity index (χ1v) is 4.98. The predicted molar refractivity (Wildman–Crippen MR) is 54.6 cm³/mol. The summed E-state index contributed by atoms with van der Waals surface area (Å²) in [7, 11) is 0. The van der Waals surface area contributed by atoms with Crippen molar-refractivity contribution in [3.05, 3.63) is 22.2 Å². The monoisotopic (exact) mass is 226 g/mol. The van der Waals surface area contributed by atoms with Crippen molar-refractivity contribution in [2.45, 2.75) is 26.8 Å². The fourth-order valence-corrected chi connectivity index (χ4v) is 1.52. The molecule has 0 aliphatic heterocycles. The number of nitrogens with zero attached hydrogens (tertiary/aromatic N) is 5. The second-order valence-corrected chi connectivity index (χ2v) is 3.66. The molecule has 1 N–H and O–H groups in total. The second-order valence-electron chi connectivity index (χ2n) is 3.29. The molecule has 2 aromatic rings. The van der Waals surface area contributed by atoms with E-state index in [1.54, 1.807) is 0 Å². The summed E-state index contributed by atoms with van der Waals surface area (Å²) >= 11 is 6.03. The summed E-state index contributed by atoms with van der Waals surface area (Å²) in [5.41, 5.74) is 1.82. The third-order valence-corrected chi connectivity index (χ3v) is 2.78. The molecule has 0 saturated carbocycles. The van der Waals surface area contributed by atoms with Crippen LogP contribution in [0, 0.1) is 13.8 Å². The first kappa shape index (κ1) is 10.1. The van der Waals surface area contributed by atoms with Crippen molar-refractivity contribution in [2.24, 2.45) is 0 Å². The van der Waals surface area contributed by atoms with Gasteiger partial charge in [0.15, 0.2) is 5.82 Å². The Hall–Kier alpha value is -1.43. The molecule has 0 unspecified atom stereocenters. The molecule has 0 aliphatic carbocycles. The molecule has 7 heteroatoms. The fraction of sp³-hybridized carbons (Fsp3) is 0.500. The van der Waals surface area contributed by atoms with Gasteiger partial charge < -0.3 is 0 Å². The molecule has 80 valence electrons. The topological polar surface area (TPSA) is 72.3 Å². The van der Waals surface area contributed by atoms with Crippen LogP contribution in [0.5, 0.6) is 0 Å². The van der Waals surface area contributed by atoms with Gasteiger partial charge in [0.25, 0.3) is 0 Å². The number of H-pyrrole nitrogens is 1. The summed E-state index contributed by atoms with van der Waals surface area (Å²) in [6.45, 7) is 4.54. The molecule has 0 fully saturated rings. The Bertz CT molecular complexity index is 446. The number of halogens is 1. The lowest BCUT2D eigenvalue weighted by Gasteiger charge is -2.00. The van der Waals surface area contributed by atoms with Crippen molar-refractivity contribution in [3.8, 4) is 0 Å². The molecular formula is C8H11ClN6. The van der Waals surface area contributed by atoms with Crippen LogP contribution < -0.4 is 0 Å². The maximum absolute atomic E-state index is 6.03. The van der Waals surface area contributed by atoms with E-state index in [2.05, 4.69) is 25.7 Å². The highest BCUT2D eigenvalue weighted by molar-refractivity contribution is 6.31. The lowest BCUT2D eigenvalue weighted by molar-refractivity contribution is 0.582. The van der Waals surface area contributed by atoms with Crippen LogP contribution in [0.4, 0.5) is 0 Å². The van der Waals surface area contributed by atoms with Crippen LogP contribution >= 0.6 is 11.6 Å². The number of hydrogen-bond acceptors (Lipinski definition) is 4. The molecule has 0 radical (unpaired) electrons. The highest BCUT2D eigenvalue weighted by atomic mass is 35.5. The fourth-order valence-electron chi connectivity index (χ4n) is 1.39. The van der Waals surface area contributed by atoms with Gasteiger partial charge in [0.1, 0.15) is 0 Å². The first-order valence-electron chi connectivity index (χ1n) is 4.60. The Morgan fingerprint density at radius 1 is 1.40 bits per heavy atom. The third-order valence-electron chi connectivity index (χ3n) is 2.23. The van der Waals surface area contributed by atoms with E-state index in [1.807, 2.05) is 18.5 Å². The number of rotatable bonds is 3. The van der Waals surface area contributed by atoms with E-state index in [0.29, 0.717) is 18.8 Å². The molecule has 6 nitrogen and oxygen atoms in total. The predicted octanol–water partition coefficient (Wildman–Crippen LogP) is 0.909. The molecule has 0 aliphatic rings. The minimum Gasteiger partial charge on any atom is -0.268 e. The summed E-state index contributed by atoms with van der Waals surface area (Å²) in [6.07, 6.45) is 0.689. The molecule has 2 rings (SSSR count). The SMILES string of the molecule is Cc1nn(CCc2nn[nH]n2)c(C)c1Cl. The third kappa shape index (κ3) is 1.99. The number of aryl methyl sites for hydroxylation is 3. The van der Waals surface area contributed by atoms with Gasteiger partial charge in [0, 0.05) is 13.0 Å². The molecule has 0 atom stereocenters. The molecule has 0 saturated heterocycles. The standard InChI is InChI=1S/C8H11ClN6/c1-5-8(9)6(2)15(12-5)4-3-7-10-13-14-11-7/h3-4H2,1-2H3,(H,10,11,13,14). The second kappa shape index (κ2) is 3.98. The van der Waals surface area contributed by atoms with Gasteiger partial charge in [-0.05, 0) is 13.8 Å². The minimum absolute atomic E-state index is 0.679. The van der Waals surface area contributed by atoms with E-state index in [1.165, 1.54) is 0 Å². The van der Waals surface area contributed by atoms with Crippen molar-refractivity contribution in [1.82, 2.24) is 30.4 Å². The van der Waals surface area contributed by atoms with Gasteiger partial charge in [0.05, 0.1) is 16.4 Å². The quantitative estimate of drug-likeness (QED) is 0.845. The van der Waals surface area contributed by atoms with Gasteiger partial charge >= 0.3 is 0 Å². The van der Waals surface area contributed by atoms with Gasteiger partial charge in [-0.2, -0.15) is 10.3 Å². The number of aromatic amines is 1. The lowest BCUT2D eigenvalue weighted by atomic mass is 10.4. The van der Waals surface area contributed by atoms with E-state index in [0.717, 1.165) is 16.4 Å². The molecular weight excluding hydrogens is 216 g/mol.